The summed E-state index contributed by atoms with van der Waals surface area (Å²) in [6.45, 7) is -6.09. The Morgan fingerprint density at radius 2 is 1.32 bits per heavy atom. The first-order valence-corrected chi connectivity index (χ1v) is 11.3. The van der Waals surface area contributed by atoms with Gasteiger partial charge in [0, 0.05) is 11.1 Å². The highest BCUT2D eigenvalue weighted by Crippen LogP contribution is 2.34. The lowest BCUT2D eigenvalue weighted by molar-refractivity contribution is -0.141. The average molecular weight is 564 g/mol. The highest BCUT2D eigenvalue weighted by atomic mass is 19.4. The van der Waals surface area contributed by atoms with E-state index in [2.05, 4.69) is 24.5 Å². The van der Waals surface area contributed by atoms with Gasteiger partial charge in [0.25, 0.3) is 5.95 Å². The van der Waals surface area contributed by atoms with Crippen molar-refractivity contribution in [3.05, 3.63) is 84.8 Å². The van der Waals surface area contributed by atoms with Crippen molar-refractivity contribution in [2.24, 2.45) is 0 Å². The summed E-state index contributed by atoms with van der Waals surface area (Å²) in [5.41, 5.74) is -0.278. The molecule has 0 radical (unpaired) electrons. The van der Waals surface area contributed by atoms with Crippen LogP contribution in [0, 0.1) is 0 Å². The Hall–Kier alpha value is -4.88. The maximum atomic E-state index is 13.8. The molecule has 0 aliphatic rings. The van der Waals surface area contributed by atoms with Crippen LogP contribution >= 0.6 is 0 Å². The Labute approximate surface area is 220 Å². The molecule has 40 heavy (non-hydrogen) atoms. The van der Waals surface area contributed by atoms with Gasteiger partial charge in [0.1, 0.15) is 17.2 Å². The summed E-state index contributed by atoms with van der Waals surface area (Å²) in [4.78, 5) is 7.90. The zero-order valence-electron chi connectivity index (χ0n) is 19.8. The van der Waals surface area contributed by atoms with Gasteiger partial charge in [-0.3, -0.25) is 0 Å². The molecule has 0 bridgehead atoms. The van der Waals surface area contributed by atoms with Crippen molar-refractivity contribution in [1.82, 2.24) is 19.7 Å². The minimum Gasteiger partial charge on any atom is -0.463 e. The van der Waals surface area contributed by atoms with E-state index in [9.17, 15) is 30.7 Å². The Kier molecular flexibility index (Phi) is 7.15. The van der Waals surface area contributed by atoms with Crippen LogP contribution in [0.1, 0.15) is 5.69 Å². The molecule has 0 fully saturated rings. The predicted molar refractivity (Wildman–Crippen MR) is 126 cm³/mol. The molecule has 0 unspecified atom stereocenters. The van der Waals surface area contributed by atoms with Crippen molar-refractivity contribution in [1.29, 1.82) is 0 Å². The van der Waals surface area contributed by atoms with Crippen LogP contribution in [-0.4, -0.2) is 33.0 Å². The quantitative estimate of drug-likeness (QED) is 0.182. The molecule has 0 aliphatic carbocycles. The van der Waals surface area contributed by atoms with Gasteiger partial charge in [0.2, 0.25) is 0 Å². The van der Waals surface area contributed by atoms with E-state index in [1.165, 1.54) is 73.0 Å². The number of alkyl halides is 7. The lowest BCUT2D eigenvalue weighted by atomic mass is 10.1. The maximum Gasteiger partial charge on any atom is 0.433 e. The van der Waals surface area contributed by atoms with E-state index < -0.39 is 31.0 Å². The van der Waals surface area contributed by atoms with Gasteiger partial charge < -0.3 is 13.9 Å². The highest BCUT2D eigenvalue weighted by Gasteiger charge is 2.34. The van der Waals surface area contributed by atoms with E-state index >= 15 is 0 Å². The largest absolute Gasteiger partial charge is 0.463 e. The van der Waals surface area contributed by atoms with Crippen LogP contribution in [0.5, 0.6) is 11.5 Å². The number of halogens is 7. The van der Waals surface area contributed by atoms with Crippen molar-refractivity contribution < 1.29 is 44.6 Å². The summed E-state index contributed by atoms with van der Waals surface area (Å²) in [7, 11) is 0. The zero-order valence-corrected chi connectivity index (χ0v) is 19.8. The zero-order chi connectivity index (χ0) is 28.4. The lowest BCUT2D eigenvalue weighted by Crippen LogP contribution is -2.14. The molecule has 2 aromatic carbocycles. The number of nitrogens with zero attached hydrogens (tertiary/aromatic N) is 4. The minimum atomic E-state index is -4.84. The lowest BCUT2D eigenvalue weighted by Gasteiger charge is -2.12. The van der Waals surface area contributed by atoms with Crippen LogP contribution in [0.4, 0.5) is 30.7 Å². The van der Waals surface area contributed by atoms with Gasteiger partial charge in [-0.1, -0.05) is 0 Å². The topological polar surface area (TPSA) is 75.2 Å². The number of rotatable bonds is 8. The average Bonchev–Trinajstić information content (AvgIpc) is 3.59. The Morgan fingerprint density at radius 1 is 0.725 bits per heavy atom. The first-order valence-electron chi connectivity index (χ1n) is 11.3. The van der Waals surface area contributed by atoms with E-state index in [0.717, 1.165) is 10.7 Å². The summed E-state index contributed by atoms with van der Waals surface area (Å²) in [5, 5.41) is 4.39. The summed E-state index contributed by atoms with van der Waals surface area (Å²) < 4.78 is 107. The van der Waals surface area contributed by atoms with Gasteiger partial charge in [-0.2, -0.15) is 40.5 Å². The van der Waals surface area contributed by atoms with Gasteiger partial charge in [-0.05, 0) is 72.8 Å². The van der Waals surface area contributed by atoms with Crippen LogP contribution in [0.25, 0.3) is 39.9 Å². The Morgan fingerprint density at radius 3 is 1.85 bits per heavy atom. The fraction of sp³-hybridized carbons (Fsp3) is 0.115. The second-order valence-electron chi connectivity index (χ2n) is 8.05. The van der Waals surface area contributed by atoms with Crippen molar-refractivity contribution in [3.63, 3.8) is 0 Å². The molecule has 0 saturated heterocycles. The third kappa shape index (κ3) is 5.90. The van der Waals surface area contributed by atoms with Crippen LogP contribution in [0.3, 0.4) is 0 Å². The van der Waals surface area contributed by atoms with Crippen LogP contribution in [-0.2, 0) is 6.18 Å². The van der Waals surface area contributed by atoms with E-state index in [-0.39, 0.29) is 34.3 Å². The van der Waals surface area contributed by atoms with E-state index in [1.807, 2.05) is 0 Å². The fourth-order valence-corrected chi connectivity index (χ4v) is 3.72. The number of hydrogen-bond donors (Lipinski definition) is 0. The van der Waals surface area contributed by atoms with Crippen molar-refractivity contribution in [2.75, 3.05) is 0 Å². The molecular weight excluding hydrogens is 549 g/mol. The second kappa shape index (κ2) is 10.7. The minimum absolute atomic E-state index is 0.0474. The van der Waals surface area contributed by atoms with Crippen LogP contribution in [0.15, 0.2) is 83.5 Å². The molecule has 7 nitrogen and oxygen atoms in total. The fourth-order valence-electron chi connectivity index (χ4n) is 3.72. The maximum absolute atomic E-state index is 13.8. The molecular formula is C26H15F7N4O3. The van der Waals surface area contributed by atoms with E-state index in [1.54, 1.807) is 0 Å². The first-order chi connectivity index (χ1) is 19.1. The Balaban J connectivity index is 1.66. The molecule has 14 heteroatoms. The number of benzene rings is 2. The molecule has 3 aromatic heterocycles. The third-order valence-electron chi connectivity index (χ3n) is 5.43. The van der Waals surface area contributed by atoms with Crippen molar-refractivity contribution >= 4 is 0 Å². The molecule has 5 aromatic rings. The smallest absolute Gasteiger partial charge is 0.433 e. The van der Waals surface area contributed by atoms with Crippen molar-refractivity contribution in [3.8, 4) is 51.4 Å². The normalized spacial score (nSPS) is 11.8. The monoisotopic (exact) mass is 564 g/mol. The number of ether oxygens (including phenoxy) is 2. The molecule has 0 saturated carbocycles. The van der Waals surface area contributed by atoms with Gasteiger partial charge in [0.15, 0.2) is 11.5 Å². The molecule has 5 rings (SSSR count). The van der Waals surface area contributed by atoms with Gasteiger partial charge in [-0.25, -0.2) is 9.97 Å². The summed E-state index contributed by atoms with van der Waals surface area (Å²) in [6, 6.07) is 15.8. The number of hydrogen-bond acceptors (Lipinski definition) is 6. The van der Waals surface area contributed by atoms with E-state index in [0.29, 0.717) is 11.1 Å². The van der Waals surface area contributed by atoms with Crippen molar-refractivity contribution in [2.45, 2.75) is 19.4 Å². The number of furan rings is 1. The van der Waals surface area contributed by atoms with Gasteiger partial charge in [0.05, 0.1) is 17.7 Å². The van der Waals surface area contributed by atoms with Gasteiger partial charge >= 0.3 is 19.4 Å². The highest BCUT2D eigenvalue weighted by molar-refractivity contribution is 5.71. The molecule has 0 N–H and O–H groups in total. The van der Waals surface area contributed by atoms with Crippen LogP contribution in [0.2, 0.25) is 0 Å². The molecule has 0 atom stereocenters. The van der Waals surface area contributed by atoms with Crippen LogP contribution < -0.4 is 9.47 Å². The predicted octanol–water partition coefficient (Wildman–Crippen LogP) is 7.48. The molecule has 0 amide bonds. The summed E-state index contributed by atoms with van der Waals surface area (Å²) >= 11 is 0. The number of aromatic nitrogens is 4. The standard InChI is InChI=1S/C26H15F7N4O3/c27-23(28)39-16-7-3-14(4-8-16)18-12-20(15-5-9-17(10-6-15)40-24(29)30)37(36-18)25-34-19(21-2-1-11-38-21)13-22(35-25)26(31,32)33/h1-13,23-24H. The SMILES string of the molecule is FC(F)Oc1ccc(-c2cc(-c3ccc(OC(F)F)cc3)n(-c3nc(-c4ccco4)cc(C(F)(F)F)n3)n2)cc1. The van der Waals surface area contributed by atoms with E-state index in [4.69, 9.17) is 4.42 Å². The third-order valence-corrected chi connectivity index (χ3v) is 5.43. The molecule has 0 spiro atoms. The molecule has 206 valence electrons. The summed E-state index contributed by atoms with van der Waals surface area (Å²) in [6.07, 6.45) is -3.57. The molecule has 3 heterocycles. The first kappa shape index (κ1) is 26.7. The Bertz CT molecular complexity index is 1580. The molecule has 0 aliphatic heterocycles. The second-order valence-corrected chi connectivity index (χ2v) is 8.05. The van der Waals surface area contributed by atoms with Gasteiger partial charge in [-0.15, -0.1) is 0 Å². The summed E-state index contributed by atoms with van der Waals surface area (Å²) in [5.74, 6) is -0.674.